The summed E-state index contributed by atoms with van der Waals surface area (Å²) < 4.78 is 1.74. The monoisotopic (exact) mass is 389 g/mol. The lowest BCUT2D eigenvalue weighted by molar-refractivity contribution is -0.131. The molecule has 1 aliphatic rings. The van der Waals surface area contributed by atoms with Crippen molar-refractivity contribution >= 4 is 47.6 Å². The third-order valence-electron chi connectivity index (χ3n) is 4.25. The lowest BCUT2D eigenvalue weighted by Crippen LogP contribution is -2.49. The molecule has 1 saturated heterocycles. The van der Waals surface area contributed by atoms with E-state index >= 15 is 0 Å². The summed E-state index contributed by atoms with van der Waals surface area (Å²) in [6.45, 7) is 4.89. The molecule has 0 spiro atoms. The second-order valence-electron chi connectivity index (χ2n) is 6.09. The zero-order valence-electron chi connectivity index (χ0n) is 14.5. The molecule has 1 amide bonds. The molecule has 140 valence electrons. The van der Waals surface area contributed by atoms with Gasteiger partial charge >= 0.3 is 0 Å². The molecule has 10 heteroatoms. The number of halogens is 2. The fraction of sp³-hybridized carbons (Fsp3) is 0.600. The Balaban J connectivity index is 0.00000156. The average molecular weight is 390 g/mol. The van der Waals surface area contributed by atoms with Crippen molar-refractivity contribution in [2.24, 2.45) is 12.8 Å². The number of hydrogen-bond donors (Lipinski definition) is 1. The van der Waals surface area contributed by atoms with Gasteiger partial charge in [0.25, 0.3) is 0 Å². The summed E-state index contributed by atoms with van der Waals surface area (Å²) in [4.78, 5) is 25.0. The van der Waals surface area contributed by atoms with Crippen molar-refractivity contribution in [3.05, 3.63) is 12.5 Å². The quantitative estimate of drug-likeness (QED) is 0.837. The normalized spacial score (nSPS) is 15.5. The number of rotatable bonds is 4. The van der Waals surface area contributed by atoms with Gasteiger partial charge in [0.2, 0.25) is 5.91 Å². The number of carbonyl (C=O) groups is 1. The van der Waals surface area contributed by atoms with Crippen LogP contribution in [0, 0.1) is 0 Å². The molecular weight excluding hydrogens is 365 g/mol. The second kappa shape index (κ2) is 9.17. The highest BCUT2D eigenvalue weighted by Crippen LogP contribution is 2.23. The van der Waals surface area contributed by atoms with E-state index < -0.39 is 0 Å². The SMILES string of the molecule is CC(N)CCC(=O)N1CCN(c2ncnc3c2cnn3C)CC1.Cl.Cl. The van der Waals surface area contributed by atoms with Gasteiger partial charge < -0.3 is 15.5 Å². The van der Waals surface area contributed by atoms with Crippen LogP contribution in [0.2, 0.25) is 0 Å². The van der Waals surface area contributed by atoms with Crippen LogP contribution in [0.1, 0.15) is 19.8 Å². The van der Waals surface area contributed by atoms with Crippen LogP contribution in [0.15, 0.2) is 12.5 Å². The lowest BCUT2D eigenvalue weighted by atomic mass is 10.1. The van der Waals surface area contributed by atoms with Gasteiger partial charge in [-0.05, 0) is 13.3 Å². The fourth-order valence-electron chi connectivity index (χ4n) is 2.88. The molecule has 0 aliphatic carbocycles. The van der Waals surface area contributed by atoms with Gasteiger partial charge in [-0.15, -0.1) is 24.8 Å². The van der Waals surface area contributed by atoms with Crippen LogP contribution in [-0.4, -0.2) is 62.8 Å². The van der Waals surface area contributed by atoms with Crippen molar-refractivity contribution in [2.45, 2.75) is 25.8 Å². The molecule has 2 N–H and O–H groups in total. The van der Waals surface area contributed by atoms with Crippen LogP contribution in [-0.2, 0) is 11.8 Å². The molecule has 1 unspecified atom stereocenters. The summed E-state index contributed by atoms with van der Waals surface area (Å²) in [7, 11) is 1.87. The maximum atomic E-state index is 12.2. The summed E-state index contributed by atoms with van der Waals surface area (Å²) in [5, 5.41) is 5.20. The molecule has 8 nitrogen and oxygen atoms in total. The summed E-state index contributed by atoms with van der Waals surface area (Å²) in [5.41, 5.74) is 6.55. The van der Waals surface area contributed by atoms with Crippen molar-refractivity contribution in [1.29, 1.82) is 0 Å². The number of aromatic nitrogens is 4. The van der Waals surface area contributed by atoms with E-state index in [4.69, 9.17) is 5.73 Å². The van der Waals surface area contributed by atoms with E-state index in [1.807, 2.05) is 18.9 Å². The van der Waals surface area contributed by atoms with Crippen molar-refractivity contribution in [3.8, 4) is 0 Å². The molecule has 2 aromatic heterocycles. The van der Waals surface area contributed by atoms with Crippen molar-refractivity contribution < 1.29 is 4.79 Å². The van der Waals surface area contributed by atoms with Crippen molar-refractivity contribution in [1.82, 2.24) is 24.6 Å². The van der Waals surface area contributed by atoms with Gasteiger partial charge in [0.05, 0.1) is 11.6 Å². The number of nitrogens with zero attached hydrogens (tertiary/aromatic N) is 6. The highest BCUT2D eigenvalue weighted by molar-refractivity contribution is 5.87. The molecule has 1 atom stereocenters. The molecule has 1 aliphatic heterocycles. The van der Waals surface area contributed by atoms with Gasteiger partial charge in [-0.25, -0.2) is 9.97 Å². The minimum absolute atomic E-state index is 0. The first-order valence-corrected chi connectivity index (χ1v) is 7.97. The Morgan fingerprint density at radius 3 is 2.56 bits per heavy atom. The summed E-state index contributed by atoms with van der Waals surface area (Å²) in [6.07, 6.45) is 4.63. The zero-order chi connectivity index (χ0) is 16.4. The van der Waals surface area contributed by atoms with Gasteiger partial charge in [-0.1, -0.05) is 0 Å². The first-order chi connectivity index (χ1) is 11.1. The molecule has 1 fully saturated rings. The Labute approximate surface area is 159 Å². The first-order valence-electron chi connectivity index (χ1n) is 7.97. The number of hydrogen-bond acceptors (Lipinski definition) is 6. The fourth-order valence-corrected chi connectivity index (χ4v) is 2.88. The minimum atomic E-state index is 0. The predicted molar refractivity (Wildman–Crippen MR) is 102 cm³/mol. The standard InChI is InChI=1S/C15H23N7O.2ClH/c1-11(16)3-4-13(23)21-5-7-22(8-6-21)15-12-9-19-20(2)14(12)17-10-18-15;;/h9-11H,3-8,16H2,1-2H3;2*1H. The number of carbonyl (C=O) groups excluding carboxylic acids is 1. The van der Waals surface area contributed by atoms with E-state index in [2.05, 4.69) is 20.0 Å². The average Bonchev–Trinajstić information content (AvgIpc) is 2.94. The second-order valence-corrected chi connectivity index (χ2v) is 6.09. The Kier molecular flexibility index (Phi) is 7.85. The van der Waals surface area contributed by atoms with E-state index in [1.165, 1.54) is 0 Å². The van der Waals surface area contributed by atoms with E-state index in [9.17, 15) is 4.79 Å². The molecule has 0 radical (unpaired) electrons. The zero-order valence-corrected chi connectivity index (χ0v) is 16.1. The molecule has 3 heterocycles. The topological polar surface area (TPSA) is 93.2 Å². The largest absolute Gasteiger partial charge is 0.352 e. The lowest BCUT2D eigenvalue weighted by Gasteiger charge is -2.35. The third kappa shape index (κ3) is 4.71. The summed E-state index contributed by atoms with van der Waals surface area (Å²) in [6, 6.07) is 0.0696. The highest BCUT2D eigenvalue weighted by Gasteiger charge is 2.23. The molecule has 0 bridgehead atoms. The molecular formula is C15H25Cl2N7O. The smallest absolute Gasteiger partial charge is 0.222 e. The van der Waals surface area contributed by atoms with Gasteiger partial charge in [0.15, 0.2) is 5.65 Å². The van der Waals surface area contributed by atoms with Crippen LogP contribution in [0.5, 0.6) is 0 Å². The van der Waals surface area contributed by atoms with Crippen LogP contribution in [0.4, 0.5) is 5.82 Å². The van der Waals surface area contributed by atoms with Gasteiger partial charge in [0, 0.05) is 45.7 Å². The summed E-state index contributed by atoms with van der Waals surface area (Å²) >= 11 is 0. The van der Waals surface area contributed by atoms with Gasteiger partial charge in [0.1, 0.15) is 12.1 Å². The van der Waals surface area contributed by atoms with E-state index in [-0.39, 0.29) is 36.8 Å². The summed E-state index contributed by atoms with van der Waals surface area (Å²) in [5.74, 6) is 1.09. The highest BCUT2D eigenvalue weighted by atomic mass is 35.5. The van der Waals surface area contributed by atoms with Crippen molar-refractivity contribution in [3.63, 3.8) is 0 Å². The molecule has 3 rings (SSSR count). The predicted octanol–water partition coefficient (Wildman–Crippen LogP) is 0.983. The first kappa shape index (κ1) is 21.4. The number of nitrogens with two attached hydrogens (primary N) is 1. The van der Waals surface area contributed by atoms with Crippen LogP contribution in [0.25, 0.3) is 11.0 Å². The molecule has 0 saturated carbocycles. The van der Waals surface area contributed by atoms with Crippen LogP contribution < -0.4 is 10.6 Å². The Hall–Kier alpha value is -1.64. The number of fused-ring (bicyclic) bond motifs is 1. The third-order valence-corrected chi connectivity index (χ3v) is 4.25. The molecule has 0 aromatic carbocycles. The van der Waals surface area contributed by atoms with Gasteiger partial charge in [-0.3, -0.25) is 9.48 Å². The van der Waals surface area contributed by atoms with Gasteiger partial charge in [-0.2, -0.15) is 5.10 Å². The Morgan fingerprint density at radius 1 is 1.24 bits per heavy atom. The maximum Gasteiger partial charge on any atom is 0.222 e. The minimum Gasteiger partial charge on any atom is -0.352 e. The molecule has 2 aromatic rings. The van der Waals surface area contributed by atoms with Crippen LogP contribution in [0.3, 0.4) is 0 Å². The van der Waals surface area contributed by atoms with E-state index in [0.717, 1.165) is 36.4 Å². The van der Waals surface area contributed by atoms with Crippen LogP contribution >= 0.6 is 24.8 Å². The van der Waals surface area contributed by atoms with E-state index in [0.29, 0.717) is 19.5 Å². The Bertz CT molecular complexity index is 698. The maximum absolute atomic E-state index is 12.2. The van der Waals surface area contributed by atoms with E-state index in [1.54, 1.807) is 17.2 Å². The van der Waals surface area contributed by atoms with Crippen molar-refractivity contribution in [2.75, 3.05) is 31.1 Å². The Morgan fingerprint density at radius 2 is 1.92 bits per heavy atom. The molecule has 25 heavy (non-hydrogen) atoms. The number of amides is 1. The number of aryl methyl sites for hydroxylation is 1. The number of anilines is 1. The number of piperazine rings is 1.